The highest BCUT2D eigenvalue weighted by Crippen LogP contribution is 2.20. The van der Waals surface area contributed by atoms with E-state index in [2.05, 4.69) is 10.3 Å². The SMILES string of the molecule is Cc1nc(CC(=O)Nc2ccccc2)sc1CCC(=O)O. The second-order valence-corrected chi connectivity index (χ2v) is 5.77. The van der Waals surface area contributed by atoms with Gasteiger partial charge in [-0.25, -0.2) is 4.98 Å². The Morgan fingerprint density at radius 3 is 2.67 bits per heavy atom. The second kappa shape index (κ2) is 6.99. The summed E-state index contributed by atoms with van der Waals surface area (Å²) in [6.45, 7) is 1.84. The lowest BCUT2D eigenvalue weighted by atomic mass is 10.2. The number of anilines is 1. The van der Waals surface area contributed by atoms with Gasteiger partial charge in [-0.15, -0.1) is 11.3 Å². The van der Waals surface area contributed by atoms with Crippen molar-refractivity contribution in [3.8, 4) is 0 Å². The van der Waals surface area contributed by atoms with E-state index >= 15 is 0 Å². The van der Waals surface area contributed by atoms with Gasteiger partial charge in [0.2, 0.25) is 5.91 Å². The first kappa shape index (κ1) is 15.2. The molecule has 2 rings (SSSR count). The molecule has 0 fully saturated rings. The van der Waals surface area contributed by atoms with Crippen LogP contribution < -0.4 is 5.32 Å². The maximum absolute atomic E-state index is 11.9. The molecule has 0 spiro atoms. The van der Waals surface area contributed by atoms with E-state index in [1.54, 1.807) is 0 Å². The van der Waals surface area contributed by atoms with Crippen LogP contribution in [0, 0.1) is 6.92 Å². The minimum absolute atomic E-state index is 0.0820. The molecule has 0 bridgehead atoms. The van der Waals surface area contributed by atoms with Crippen LogP contribution in [0.1, 0.15) is 22.0 Å². The van der Waals surface area contributed by atoms with Crippen molar-refractivity contribution in [1.29, 1.82) is 0 Å². The number of nitrogens with zero attached hydrogens (tertiary/aromatic N) is 1. The number of rotatable bonds is 6. The van der Waals surface area contributed by atoms with E-state index in [0.717, 1.165) is 16.3 Å². The zero-order valence-corrected chi connectivity index (χ0v) is 12.4. The van der Waals surface area contributed by atoms with E-state index in [-0.39, 0.29) is 18.7 Å². The van der Waals surface area contributed by atoms with Crippen molar-refractivity contribution < 1.29 is 14.7 Å². The zero-order chi connectivity index (χ0) is 15.2. The molecule has 1 heterocycles. The summed E-state index contributed by atoms with van der Waals surface area (Å²) in [6, 6.07) is 9.24. The summed E-state index contributed by atoms with van der Waals surface area (Å²) in [4.78, 5) is 27.8. The van der Waals surface area contributed by atoms with Crippen LogP contribution >= 0.6 is 11.3 Å². The molecule has 0 aliphatic heterocycles. The Labute approximate surface area is 126 Å². The Morgan fingerprint density at radius 1 is 1.29 bits per heavy atom. The van der Waals surface area contributed by atoms with Gasteiger partial charge in [0.05, 0.1) is 18.5 Å². The number of para-hydroxylation sites is 1. The van der Waals surface area contributed by atoms with Crippen LogP contribution in [0.15, 0.2) is 30.3 Å². The first-order valence-corrected chi connectivity index (χ1v) is 7.38. The number of hydrogen-bond acceptors (Lipinski definition) is 4. The molecule has 0 unspecified atom stereocenters. The maximum Gasteiger partial charge on any atom is 0.303 e. The summed E-state index contributed by atoms with van der Waals surface area (Å²) in [5.74, 6) is -0.953. The average Bonchev–Trinajstić information content (AvgIpc) is 2.77. The molecule has 0 radical (unpaired) electrons. The van der Waals surface area contributed by atoms with Gasteiger partial charge < -0.3 is 10.4 Å². The molecule has 2 N–H and O–H groups in total. The third-order valence-corrected chi connectivity index (χ3v) is 4.09. The summed E-state index contributed by atoms with van der Waals surface area (Å²) in [6.07, 6.45) is 0.741. The fraction of sp³-hybridized carbons (Fsp3) is 0.267. The average molecular weight is 304 g/mol. The molecule has 0 atom stereocenters. The number of nitrogens with one attached hydrogen (secondary N) is 1. The monoisotopic (exact) mass is 304 g/mol. The molecular formula is C15H16N2O3S. The van der Waals surface area contributed by atoms with Crippen molar-refractivity contribution >= 4 is 28.9 Å². The Bertz CT molecular complexity index is 638. The molecule has 0 saturated heterocycles. The Kier molecular flexibility index (Phi) is 5.05. The largest absolute Gasteiger partial charge is 0.481 e. The first-order valence-electron chi connectivity index (χ1n) is 6.56. The predicted octanol–water partition coefficient (Wildman–Crippen LogP) is 2.65. The standard InChI is InChI=1S/C15H16N2O3S/c1-10-12(7-8-15(19)20)21-14(16-10)9-13(18)17-11-5-3-2-4-6-11/h2-6H,7-9H2,1H3,(H,17,18)(H,19,20). The van der Waals surface area contributed by atoms with Crippen molar-refractivity contribution in [3.63, 3.8) is 0 Å². The van der Waals surface area contributed by atoms with Crippen molar-refractivity contribution in [3.05, 3.63) is 45.9 Å². The summed E-state index contributed by atoms with van der Waals surface area (Å²) < 4.78 is 0. The summed E-state index contributed by atoms with van der Waals surface area (Å²) in [7, 11) is 0. The van der Waals surface area contributed by atoms with Crippen molar-refractivity contribution in [2.24, 2.45) is 0 Å². The molecule has 1 amide bonds. The number of carbonyl (C=O) groups is 2. The van der Waals surface area contributed by atoms with E-state index in [9.17, 15) is 9.59 Å². The maximum atomic E-state index is 11.9. The molecular weight excluding hydrogens is 288 g/mol. The third kappa shape index (κ3) is 4.68. The van der Waals surface area contributed by atoms with Gasteiger partial charge >= 0.3 is 5.97 Å². The van der Waals surface area contributed by atoms with Crippen LogP contribution in [0.25, 0.3) is 0 Å². The van der Waals surface area contributed by atoms with E-state index in [0.29, 0.717) is 11.4 Å². The van der Waals surface area contributed by atoms with Crippen LogP contribution in [0.5, 0.6) is 0 Å². The molecule has 1 aromatic heterocycles. The number of aryl methyl sites for hydroxylation is 2. The van der Waals surface area contributed by atoms with Gasteiger partial charge in [-0.2, -0.15) is 0 Å². The van der Waals surface area contributed by atoms with Gasteiger partial charge in [0.15, 0.2) is 0 Å². The highest BCUT2D eigenvalue weighted by atomic mass is 32.1. The Balaban J connectivity index is 1.95. The lowest BCUT2D eigenvalue weighted by Gasteiger charge is -2.02. The van der Waals surface area contributed by atoms with Gasteiger partial charge in [-0.1, -0.05) is 18.2 Å². The van der Waals surface area contributed by atoms with Gasteiger partial charge in [0.25, 0.3) is 0 Å². The molecule has 110 valence electrons. The lowest BCUT2D eigenvalue weighted by Crippen LogP contribution is -2.14. The lowest BCUT2D eigenvalue weighted by molar-refractivity contribution is -0.136. The minimum atomic E-state index is -0.828. The van der Waals surface area contributed by atoms with Crippen molar-refractivity contribution in [2.75, 3.05) is 5.32 Å². The summed E-state index contributed by atoms with van der Waals surface area (Å²) >= 11 is 1.41. The molecule has 0 aliphatic rings. The number of thiazole rings is 1. The number of aliphatic carboxylic acids is 1. The minimum Gasteiger partial charge on any atom is -0.481 e. The molecule has 21 heavy (non-hydrogen) atoms. The fourth-order valence-electron chi connectivity index (χ4n) is 1.88. The van der Waals surface area contributed by atoms with Crippen LogP contribution in [-0.2, 0) is 22.4 Å². The van der Waals surface area contributed by atoms with Gasteiger partial charge in [0, 0.05) is 10.6 Å². The van der Waals surface area contributed by atoms with Crippen LogP contribution in [0.4, 0.5) is 5.69 Å². The Hall–Kier alpha value is -2.21. The number of aromatic nitrogens is 1. The summed E-state index contributed by atoms with van der Waals surface area (Å²) in [5.41, 5.74) is 1.56. The van der Waals surface area contributed by atoms with E-state index in [1.807, 2.05) is 37.3 Å². The number of amides is 1. The van der Waals surface area contributed by atoms with E-state index in [4.69, 9.17) is 5.11 Å². The quantitative estimate of drug-likeness (QED) is 0.860. The molecule has 1 aromatic carbocycles. The van der Waals surface area contributed by atoms with Crippen LogP contribution in [0.2, 0.25) is 0 Å². The molecule has 0 saturated carbocycles. The molecule has 6 heteroatoms. The van der Waals surface area contributed by atoms with Gasteiger partial charge in [-0.3, -0.25) is 9.59 Å². The fourth-order valence-corrected chi connectivity index (χ4v) is 2.95. The van der Waals surface area contributed by atoms with E-state index < -0.39 is 5.97 Å². The number of carbonyl (C=O) groups excluding carboxylic acids is 1. The van der Waals surface area contributed by atoms with E-state index in [1.165, 1.54) is 11.3 Å². The normalized spacial score (nSPS) is 10.3. The number of benzene rings is 1. The first-order chi connectivity index (χ1) is 10.0. The zero-order valence-electron chi connectivity index (χ0n) is 11.6. The molecule has 2 aromatic rings. The predicted molar refractivity (Wildman–Crippen MR) is 81.6 cm³/mol. The van der Waals surface area contributed by atoms with Crippen LogP contribution in [-0.4, -0.2) is 22.0 Å². The molecule has 0 aliphatic carbocycles. The summed E-state index contributed by atoms with van der Waals surface area (Å²) in [5, 5.41) is 12.2. The van der Waals surface area contributed by atoms with Crippen molar-refractivity contribution in [1.82, 2.24) is 4.98 Å². The van der Waals surface area contributed by atoms with Crippen molar-refractivity contribution in [2.45, 2.75) is 26.2 Å². The highest BCUT2D eigenvalue weighted by Gasteiger charge is 2.12. The number of carboxylic acids is 1. The number of hydrogen-bond donors (Lipinski definition) is 2. The van der Waals surface area contributed by atoms with Crippen LogP contribution in [0.3, 0.4) is 0 Å². The number of carboxylic acid groups (broad SMARTS) is 1. The third-order valence-electron chi connectivity index (χ3n) is 2.87. The van der Waals surface area contributed by atoms with Gasteiger partial charge in [-0.05, 0) is 25.5 Å². The topological polar surface area (TPSA) is 79.3 Å². The molecule has 5 nitrogen and oxygen atoms in total. The highest BCUT2D eigenvalue weighted by molar-refractivity contribution is 7.11. The van der Waals surface area contributed by atoms with Gasteiger partial charge in [0.1, 0.15) is 5.01 Å². The smallest absolute Gasteiger partial charge is 0.303 e. The Morgan fingerprint density at radius 2 is 2.00 bits per heavy atom. The second-order valence-electron chi connectivity index (χ2n) is 4.60.